The van der Waals surface area contributed by atoms with Gasteiger partial charge in [0.15, 0.2) is 29.3 Å². The van der Waals surface area contributed by atoms with Crippen molar-refractivity contribution in [3.63, 3.8) is 0 Å². The van der Waals surface area contributed by atoms with Gasteiger partial charge in [0.25, 0.3) is 0 Å². The Morgan fingerprint density at radius 2 is 1.68 bits per heavy atom. The molecule has 0 heterocycles. The van der Waals surface area contributed by atoms with Gasteiger partial charge in [0.2, 0.25) is 0 Å². The fraction of sp³-hybridized carbons (Fsp3) is 0.516. The van der Waals surface area contributed by atoms with Crippen molar-refractivity contribution in [1.29, 1.82) is 0 Å². The summed E-state index contributed by atoms with van der Waals surface area (Å²) in [6.07, 6.45) is -2.62. The summed E-state index contributed by atoms with van der Waals surface area (Å²) in [7, 11) is 0. The number of urea groups is 1. The van der Waals surface area contributed by atoms with E-state index in [1.807, 2.05) is 37.3 Å². The molecule has 0 spiro atoms. The molecular formula is C31H41ClN2O10. The van der Waals surface area contributed by atoms with Gasteiger partial charge in [-0.2, -0.15) is 0 Å². The maximum Gasteiger partial charge on any atom is 0.329 e. The molecule has 4 N–H and O–H groups in total. The minimum absolute atomic E-state index is 0.0235. The van der Waals surface area contributed by atoms with Gasteiger partial charge in [0, 0.05) is 26.0 Å². The van der Waals surface area contributed by atoms with E-state index in [0.29, 0.717) is 6.61 Å². The number of nitrogens with one attached hydrogen (secondary N) is 1. The molecule has 3 rings (SSSR count). The van der Waals surface area contributed by atoms with Crippen molar-refractivity contribution >= 4 is 29.4 Å². The molecule has 0 bridgehead atoms. The number of phenols is 1. The van der Waals surface area contributed by atoms with Gasteiger partial charge < -0.3 is 39.6 Å². The third-order valence-electron chi connectivity index (χ3n) is 7.38. The molecule has 2 atom stereocenters. The number of aromatic hydroxyl groups is 1. The monoisotopic (exact) mass is 636 g/mol. The lowest BCUT2D eigenvalue weighted by molar-refractivity contribution is -0.157. The van der Waals surface area contributed by atoms with Gasteiger partial charge in [-0.1, -0.05) is 41.9 Å². The molecule has 0 saturated heterocycles. The van der Waals surface area contributed by atoms with Crippen LogP contribution in [0, 0.1) is 0 Å². The molecule has 1 aliphatic rings. The SMILES string of the molecule is CCOc1c(O)c(C(O)N(CCO[C@@H](C)c2ccccc2)C(=O)NC2(C(=O)O)CC(OCC)C2)c(Cl)c(OCC)c1C(C)=O. The Morgan fingerprint density at radius 1 is 1.07 bits per heavy atom. The first kappa shape index (κ1) is 34.9. The highest BCUT2D eigenvalue weighted by Crippen LogP contribution is 2.49. The van der Waals surface area contributed by atoms with Gasteiger partial charge in [0.05, 0.1) is 42.6 Å². The number of halogens is 1. The van der Waals surface area contributed by atoms with Crippen LogP contribution in [0.2, 0.25) is 5.02 Å². The molecule has 12 nitrogen and oxygen atoms in total. The standard InChI is InChI=1S/C31H41ClN2O10/c1-6-41-21-16-31(17-21,29(38)39)33-30(40)34(14-15-44-19(5)20-12-10-9-11-13-20)28(37)23-24(32)26(42-7-2)22(18(4)35)27(25(23)36)43-8-3/h9-13,19,21,28,36-37H,6-8,14-17H2,1-5H3,(H,33,40)(H,38,39)/t19-,21?,28?,31?/m0/s1. The Morgan fingerprint density at radius 3 is 2.23 bits per heavy atom. The lowest BCUT2D eigenvalue weighted by atomic mass is 9.74. The molecule has 2 aromatic carbocycles. The van der Waals surface area contributed by atoms with E-state index >= 15 is 0 Å². The number of hydrogen-bond donors (Lipinski definition) is 4. The maximum absolute atomic E-state index is 13.8. The summed E-state index contributed by atoms with van der Waals surface area (Å²) in [5.41, 5.74) is -1.23. The fourth-order valence-electron chi connectivity index (χ4n) is 5.12. The van der Waals surface area contributed by atoms with E-state index in [1.165, 1.54) is 6.92 Å². The van der Waals surface area contributed by atoms with Crippen LogP contribution in [0.15, 0.2) is 30.3 Å². The predicted molar refractivity (Wildman–Crippen MR) is 161 cm³/mol. The molecule has 44 heavy (non-hydrogen) atoms. The summed E-state index contributed by atoms with van der Waals surface area (Å²) in [5, 5.41) is 35.2. The summed E-state index contributed by atoms with van der Waals surface area (Å²) < 4.78 is 22.7. The summed E-state index contributed by atoms with van der Waals surface area (Å²) in [5.74, 6) is -2.83. The highest BCUT2D eigenvalue weighted by Gasteiger charge is 2.53. The van der Waals surface area contributed by atoms with Crippen LogP contribution in [0.4, 0.5) is 4.79 Å². The number of amides is 2. The normalized spacial score (nSPS) is 18.9. The highest BCUT2D eigenvalue weighted by molar-refractivity contribution is 6.34. The number of nitrogens with zero attached hydrogens (tertiary/aromatic N) is 1. The molecule has 2 aromatic rings. The molecule has 0 aromatic heterocycles. The largest absolute Gasteiger partial charge is 0.504 e. The van der Waals surface area contributed by atoms with Crippen molar-refractivity contribution in [3.8, 4) is 17.2 Å². The molecule has 13 heteroatoms. The topological polar surface area (TPSA) is 164 Å². The molecule has 242 valence electrons. The number of carbonyl (C=O) groups is 3. The first-order valence-corrected chi connectivity index (χ1v) is 14.9. The number of carboxylic acids is 1. The molecule has 0 radical (unpaired) electrons. The lowest BCUT2D eigenvalue weighted by Crippen LogP contribution is -2.66. The van der Waals surface area contributed by atoms with Gasteiger partial charge in [0.1, 0.15) is 11.1 Å². The number of aliphatic carboxylic acids is 1. The summed E-state index contributed by atoms with van der Waals surface area (Å²) in [6.45, 7) is 8.35. The van der Waals surface area contributed by atoms with Crippen LogP contribution in [-0.2, 0) is 14.3 Å². The molecule has 2 amide bonds. The highest BCUT2D eigenvalue weighted by atomic mass is 35.5. The van der Waals surface area contributed by atoms with Crippen LogP contribution in [0.5, 0.6) is 17.2 Å². The van der Waals surface area contributed by atoms with E-state index in [2.05, 4.69) is 5.32 Å². The smallest absolute Gasteiger partial charge is 0.329 e. The van der Waals surface area contributed by atoms with Crippen molar-refractivity contribution in [2.24, 2.45) is 0 Å². The van der Waals surface area contributed by atoms with E-state index in [-0.39, 0.29) is 79.1 Å². The van der Waals surface area contributed by atoms with E-state index in [9.17, 15) is 29.7 Å². The number of benzene rings is 2. The van der Waals surface area contributed by atoms with E-state index in [1.54, 1.807) is 20.8 Å². The second-order valence-corrected chi connectivity index (χ2v) is 10.7. The Kier molecular flexibility index (Phi) is 12.2. The Labute approximate surface area is 261 Å². The maximum atomic E-state index is 13.8. The van der Waals surface area contributed by atoms with Crippen LogP contribution in [0.3, 0.4) is 0 Å². The number of carbonyl (C=O) groups excluding carboxylic acids is 2. The first-order chi connectivity index (χ1) is 20.9. The Hall–Kier alpha value is -3.58. The van der Waals surface area contributed by atoms with E-state index in [4.69, 9.17) is 30.5 Å². The molecular weight excluding hydrogens is 596 g/mol. The van der Waals surface area contributed by atoms with Crippen LogP contribution in [-0.4, -0.2) is 82.6 Å². The minimum Gasteiger partial charge on any atom is -0.504 e. The van der Waals surface area contributed by atoms with Gasteiger partial charge >= 0.3 is 12.0 Å². The minimum atomic E-state index is -1.94. The molecule has 1 saturated carbocycles. The van der Waals surface area contributed by atoms with Crippen molar-refractivity contribution < 1.29 is 48.7 Å². The Bertz CT molecular complexity index is 1280. The van der Waals surface area contributed by atoms with Crippen molar-refractivity contribution in [1.82, 2.24) is 10.2 Å². The zero-order valence-electron chi connectivity index (χ0n) is 25.6. The molecule has 1 fully saturated rings. The predicted octanol–water partition coefficient (Wildman–Crippen LogP) is 4.85. The average Bonchev–Trinajstić information content (AvgIpc) is 2.96. The number of ketones is 1. The van der Waals surface area contributed by atoms with Gasteiger partial charge in [-0.3, -0.25) is 9.69 Å². The van der Waals surface area contributed by atoms with Crippen molar-refractivity contribution in [3.05, 3.63) is 52.0 Å². The van der Waals surface area contributed by atoms with E-state index < -0.39 is 35.3 Å². The second-order valence-electron chi connectivity index (χ2n) is 10.3. The number of aliphatic hydroxyl groups is 1. The number of rotatable bonds is 16. The first-order valence-electron chi connectivity index (χ1n) is 14.5. The second kappa shape index (κ2) is 15.4. The molecule has 0 aliphatic heterocycles. The summed E-state index contributed by atoms with van der Waals surface area (Å²) >= 11 is 6.65. The summed E-state index contributed by atoms with van der Waals surface area (Å²) in [6, 6.07) is 8.40. The third-order valence-corrected chi connectivity index (χ3v) is 7.76. The number of ether oxygens (including phenoxy) is 4. The van der Waals surface area contributed by atoms with Crippen molar-refractivity contribution in [2.75, 3.05) is 33.0 Å². The van der Waals surface area contributed by atoms with Crippen LogP contribution >= 0.6 is 11.6 Å². The average molecular weight is 637 g/mol. The number of phenolic OH excluding ortho intramolecular Hbond substituents is 1. The zero-order valence-corrected chi connectivity index (χ0v) is 26.3. The summed E-state index contributed by atoms with van der Waals surface area (Å²) in [4.78, 5) is 39.5. The van der Waals surface area contributed by atoms with Gasteiger partial charge in [-0.25, -0.2) is 9.59 Å². The molecule has 1 aliphatic carbocycles. The number of aliphatic hydroxyl groups excluding tert-OH is 1. The quantitative estimate of drug-likeness (QED) is 0.148. The van der Waals surface area contributed by atoms with Crippen LogP contribution in [0.25, 0.3) is 0 Å². The number of carboxylic acid groups (broad SMARTS) is 1. The van der Waals surface area contributed by atoms with Gasteiger partial charge in [-0.05, 0) is 40.2 Å². The van der Waals surface area contributed by atoms with Gasteiger partial charge in [-0.15, -0.1) is 0 Å². The zero-order chi connectivity index (χ0) is 32.6. The Balaban J connectivity index is 2.02. The van der Waals surface area contributed by atoms with Crippen LogP contribution < -0.4 is 14.8 Å². The molecule has 1 unspecified atom stereocenters. The fourth-order valence-corrected chi connectivity index (χ4v) is 5.45. The lowest BCUT2D eigenvalue weighted by Gasteiger charge is -2.45. The van der Waals surface area contributed by atoms with Crippen molar-refractivity contribution in [2.45, 2.75) is 71.4 Å². The number of Topliss-reactive ketones (excluding diaryl/α,β-unsaturated/α-hetero) is 1. The van der Waals surface area contributed by atoms with E-state index in [0.717, 1.165) is 10.5 Å². The van der Waals surface area contributed by atoms with Crippen LogP contribution in [0.1, 0.15) is 81.3 Å². The third kappa shape index (κ3) is 7.55. The number of hydrogen-bond acceptors (Lipinski definition) is 9.